The van der Waals surface area contributed by atoms with Crippen LogP contribution >= 0.6 is 11.6 Å². The van der Waals surface area contributed by atoms with E-state index in [2.05, 4.69) is 22.2 Å². The van der Waals surface area contributed by atoms with E-state index in [1.165, 1.54) is 11.4 Å². The molecule has 0 bridgehead atoms. The maximum atomic E-state index is 12.4. The molecule has 0 unspecified atom stereocenters. The molecule has 1 aliphatic heterocycles. The minimum absolute atomic E-state index is 0.163. The third-order valence-electron chi connectivity index (χ3n) is 5.61. The highest BCUT2D eigenvalue weighted by Gasteiger charge is 2.19. The summed E-state index contributed by atoms with van der Waals surface area (Å²) in [6, 6.07) is 12.6. The van der Waals surface area contributed by atoms with E-state index in [1.807, 2.05) is 24.3 Å². The van der Waals surface area contributed by atoms with E-state index in [0.717, 1.165) is 43.8 Å². The van der Waals surface area contributed by atoms with Crippen LogP contribution in [0.25, 0.3) is 0 Å². The van der Waals surface area contributed by atoms with Crippen molar-refractivity contribution in [1.82, 2.24) is 4.90 Å². The molecular weight excluding hydrogens is 464 g/mol. The van der Waals surface area contributed by atoms with Crippen LogP contribution in [0.15, 0.2) is 42.5 Å². The van der Waals surface area contributed by atoms with E-state index in [4.69, 9.17) is 16.3 Å². The number of carbonyl (C=O) groups excluding carboxylic acids is 1. The maximum absolute atomic E-state index is 12.4. The summed E-state index contributed by atoms with van der Waals surface area (Å²) in [5, 5.41) is 3.21. The second-order valence-corrected chi connectivity index (χ2v) is 10.5. The topological polar surface area (TPSA) is 82.2 Å². The number of piperazine rings is 1. The lowest BCUT2D eigenvalue weighted by atomic mass is 10.2. The van der Waals surface area contributed by atoms with Gasteiger partial charge >= 0.3 is 0 Å². The molecule has 0 aliphatic carbocycles. The summed E-state index contributed by atoms with van der Waals surface area (Å²) in [6.07, 6.45) is 1.69. The second kappa shape index (κ2) is 11.1. The van der Waals surface area contributed by atoms with Crippen molar-refractivity contribution in [2.45, 2.75) is 12.8 Å². The SMILES string of the molecule is COc1ccc(N(CCCC(=O)Nc2ccc(N3CCN(C)CC3)cc2)S(C)(=O)=O)cc1Cl. The van der Waals surface area contributed by atoms with Crippen LogP contribution in [-0.4, -0.2) is 72.4 Å². The van der Waals surface area contributed by atoms with Crippen molar-refractivity contribution < 1.29 is 17.9 Å². The van der Waals surface area contributed by atoms with Crippen molar-refractivity contribution in [3.05, 3.63) is 47.5 Å². The number of hydrogen-bond donors (Lipinski definition) is 1. The van der Waals surface area contributed by atoms with Crippen LogP contribution in [0.1, 0.15) is 12.8 Å². The molecule has 1 fully saturated rings. The Morgan fingerprint density at radius 2 is 1.79 bits per heavy atom. The normalized spacial score (nSPS) is 14.7. The fourth-order valence-corrected chi connectivity index (χ4v) is 4.93. The zero-order chi connectivity index (χ0) is 24.0. The molecule has 0 radical (unpaired) electrons. The lowest BCUT2D eigenvalue weighted by Gasteiger charge is -2.34. The Balaban J connectivity index is 1.53. The van der Waals surface area contributed by atoms with Gasteiger partial charge in [-0.25, -0.2) is 8.42 Å². The standard InChI is InChI=1S/C23H31ClN4O4S/c1-26-13-15-27(16-14-26)19-8-6-18(7-9-19)25-23(29)5-4-12-28(33(3,30)31)20-10-11-22(32-2)21(24)17-20/h6-11,17H,4-5,12-16H2,1-3H3,(H,25,29). The first kappa shape index (κ1) is 25.1. The van der Waals surface area contributed by atoms with Crippen LogP contribution in [0, 0.1) is 0 Å². The van der Waals surface area contributed by atoms with Gasteiger partial charge in [-0.15, -0.1) is 0 Å². The third-order valence-corrected chi connectivity index (χ3v) is 7.10. The van der Waals surface area contributed by atoms with Gasteiger partial charge in [0, 0.05) is 50.5 Å². The van der Waals surface area contributed by atoms with Crippen molar-refractivity contribution in [3.63, 3.8) is 0 Å². The van der Waals surface area contributed by atoms with Crippen LogP contribution < -0.4 is 19.3 Å². The molecule has 0 atom stereocenters. The van der Waals surface area contributed by atoms with E-state index in [-0.39, 0.29) is 18.9 Å². The van der Waals surface area contributed by atoms with Crippen LogP contribution in [-0.2, 0) is 14.8 Å². The minimum atomic E-state index is -3.54. The van der Waals surface area contributed by atoms with Gasteiger partial charge in [-0.2, -0.15) is 0 Å². The lowest BCUT2D eigenvalue weighted by Crippen LogP contribution is -2.44. The van der Waals surface area contributed by atoms with E-state index in [0.29, 0.717) is 22.9 Å². The number of rotatable bonds is 9. The predicted octanol–water partition coefficient (Wildman–Crippen LogP) is 3.29. The molecule has 1 aliphatic rings. The zero-order valence-corrected chi connectivity index (χ0v) is 20.8. The van der Waals surface area contributed by atoms with Crippen LogP contribution in [0.4, 0.5) is 17.1 Å². The molecular formula is C23H31ClN4O4S. The summed E-state index contributed by atoms with van der Waals surface area (Å²) in [4.78, 5) is 17.0. The summed E-state index contributed by atoms with van der Waals surface area (Å²) in [5.74, 6) is 0.301. The average Bonchev–Trinajstić information content (AvgIpc) is 2.77. The molecule has 1 saturated heterocycles. The molecule has 1 amide bonds. The van der Waals surface area contributed by atoms with Crippen molar-refractivity contribution >= 4 is 44.6 Å². The predicted molar refractivity (Wildman–Crippen MR) is 134 cm³/mol. The molecule has 0 spiro atoms. The molecule has 3 rings (SSSR count). The second-order valence-electron chi connectivity index (χ2n) is 8.14. The van der Waals surface area contributed by atoms with Crippen molar-refractivity contribution in [2.75, 3.05) is 67.7 Å². The number of sulfonamides is 1. The summed E-state index contributed by atoms with van der Waals surface area (Å²) in [6.45, 7) is 4.20. The first-order valence-electron chi connectivity index (χ1n) is 10.8. The number of nitrogens with one attached hydrogen (secondary N) is 1. The Hall–Kier alpha value is -2.49. The van der Waals surface area contributed by atoms with Crippen LogP contribution in [0.2, 0.25) is 5.02 Å². The molecule has 0 saturated carbocycles. The number of methoxy groups -OCH3 is 1. The number of benzene rings is 2. The molecule has 10 heteroatoms. The van der Waals surface area contributed by atoms with Crippen LogP contribution in [0.3, 0.4) is 0 Å². The number of carbonyl (C=O) groups is 1. The van der Waals surface area contributed by atoms with E-state index in [1.54, 1.807) is 18.2 Å². The molecule has 33 heavy (non-hydrogen) atoms. The summed E-state index contributed by atoms with van der Waals surface area (Å²) >= 11 is 6.15. The molecule has 180 valence electrons. The summed E-state index contributed by atoms with van der Waals surface area (Å²) < 4.78 is 30.9. The van der Waals surface area contributed by atoms with Crippen molar-refractivity contribution in [3.8, 4) is 5.75 Å². The number of hydrogen-bond acceptors (Lipinski definition) is 6. The molecule has 2 aromatic rings. The number of halogens is 1. The van der Waals surface area contributed by atoms with Gasteiger partial charge in [0.1, 0.15) is 5.75 Å². The molecule has 0 aromatic heterocycles. The molecule has 1 N–H and O–H groups in total. The van der Waals surface area contributed by atoms with Gasteiger partial charge in [0.2, 0.25) is 15.9 Å². The van der Waals surface area contributed by atoms with Gasteiger partial charge in [0.25, 0.3) is 0 Å². The monoisotopic (exact) mass is 494 g/mol. The number of nitrogens with zero attached hydrogens (tertiary/aromatic N) is 3. The first-order chi connectivity index (χ1) is 15.7. The highest BCUT2D eigenvalue weighted by Crippen LogP contribution is 2.30. The Bertz CT molecular complexity index is 1050. The van der Waals surface area contributed by atoms with Gasteiger partial charge < -0.3 is 19.9 Å². The van der Waals surface area contributed by atoms with E-state index >= 15 is 0 Å². The highest BCUT2D eigenvalue weighted by atomic mass is 35.5. The quantitative estimate of drug-likeness (QED) is 0.576. The molecule has 2 aromatic carbocycles. The van der Waals surface area contributed by atoms with Crippen molar-refractivity contribution in [1.29, 1.82) is 0 Å². The lowest BCUT2D eigenvalue weighted by molar-refractivity contribution is -0.116. The third kappa shape index (κ3) is 6.99. The Labute approximate surface area is 201 Å². The maximum Gasteiger partial charge on any atom is 0.232 e. The van der Waals surface area contributed by atoms with Gasteiger partial charge in [0.05, 0.1) is 24.1 Å². The van der Waals surface area contributed by atoms with Crippen LogP contribution in [0.5, 0.6) is 5.75 Å². The van der Waals surface area contributed by atoms with E-state index in [9.17, 15) is 13.2 Å². The minimum Gasteiger partial charge on any atom is -0.495 e. The van der Waals surface area contributed by atoms with Gasteiger partial charge in [-0.1, -0.05) is 11.6 Å². The Morgan fingerprint density at radius 3 is 2.36 bits per heavy atom. The first-order valence-corrected chi connectivity index (χ1v) is 13.0. The van der Waals surface area contributed by atoms with Gasteiger partial charge in [-0.05, 0) is 55.9 Å². The number of anilines is 3. The molecule has 8 nitrogen and oxygen atoms in total. The summed E-state index contributed by atoms with van der Waals surface area (Å²) in [7, 11) is 0.0805. The fraction of sp³-hybridized carbons (Fsp3) is 0.435. The largest absolute Gasteiger partial charge is 0.495 e. The van der Waals surface area contributed by atoms with Crippen molar-refractivity contribution in [2.24, 2.45) is 0 Å². The van der Waals surface area contributed by atoms with E-state index < -0.39 is 10.0 Å². The number of likely N-dealkylation sites (N-methyl/N-ethyl adjacent to an activating group) is 1. The number of ether oxygens (including phenoxy) is 1. The number of amides is 1. The van der Waals surface area contributed by atoms with Gasteiger partial charge in [-0.3, -0.25) is 9.10 Å². The molecule has 1 heterocycles. The Kier molecular flexibility index (Phi) is 8.45. The fourth-order valence-electron chi connectivity index (χ4n) is 3.72. The Morgan fingerprint density at radius 1 is 1.12 bits per heavy atom. The summed E-state index contributed by atoms with van der Waals surface area (Å²) in [5.41, 5.74) is 2.30. The highest BCUT2D eigenvalue weighted by molar-refractivity contribution is 7.92. The average molecular weight is 495 g/mol. The van der Waals surface area contributed by atoms with Gasteiger partial charge in [0.15, 0.2) is 0 Å². The smallest absolute Gasteiger partial charge is 0.232 e. The zero-order valence-electron chi connectivity index (χ0n) is 19.3.